The number of nitrogens with one attached hydrogen (secondary N) is 5. The molecule has 3 aliphatic heterocycles. The van der Waals surface area contributed by atoms with Gasteiger partial charge in [-0.2, -0.15) is 4.99 Å². The van der Waals surface area contributed by atoms with Gasteiger partial charge >= 0.3 is 0 Å². The van der Waals surface area contributed by atoms with Crippen molar-refractivity contribution >= 4 is 35.9 Å². The maximum atomic E-state index is 14.2. The molecule has 11 atom stereocenters. The van der Waals surface area contributed by atoms with Gasteiger partial charge in [0.05, 0.1) is 32.4 Å². The van der Waals surface area contributed by atoms with E-state index in [1.165, 1.54) is 6.29 Å². The quantitative estimate of drug-likeness (QED) is 0.0759. The minimum Gasteiger partial charge on any atom is -0.394 e. The van der Waals surface area contributed by atoms with Crippen LogP contribution >= 0.6 is 0 Å². The molecular formula is C27H46N9O12. The van der Waals surface area contributed by atoms with E-state index in [1.807, 2.05) is 0 Å². The van der Waals surface area contributed by atoms with Crippen molar-refractivity contribution in [2.24, 2.45) is 16.6 Å². The van der Waals surface area contributed by atoms with E-state index in [0.29, 0.717) is 12.8 Å². The molecule has 3 heterocycles. The molecule has 21 heteroatoms. The minimum atomic E-state index is -2.05. The summed E-state index contributed by atoms with van der Waals surface area (Å²) in [4.78, 5) is 58.0. The Hall–Kier alpha value is -3.54. The van der Waals surface area contributed by atoms with Crippen molar-refractivity contribution in [1.29, 1.82) is 5.41 Å². The summed E-state index contributed by atoms with van der Waals surface area (Å²) >= 11 is 0. The van der Waals surface area contributed by atoms with Crippen LogP contribution in [-0.2, 0) is 23.9 Å². The zero-order valence-corrected chi connectivity index (χ0v) is 26.5. The molecule has 0 saturated carbocycles. The van der Waals surface area contributed by atoms with E-state index in [-0.39, 0.29) is 25.0 Å². The summed E-state index contributed by atoms with van der Waals surface area (Å²) in [6.07, 6.45) is -9.58. The minimum absolute atomic E-state index is 0.132. The van der Waals surface area contributed by atoms with Crippen LogP contribution in [0.15, 0.2) is 4.99 Å². The van der Waals surface area contributed by atoms with Crippen molar-refractivity contribution in [2.75, 3.05) is 32.9 Å². The second-order valence-corrected chi connectivity index (χ2v) is 11.6. The number of nitrogens with two attached hydrogens (primary N) is 1. The van der Waals surface area contributed by atoms with Gasteiger partial charge in [0, 0.05) is 12.5 Å². The number of guanidine groups is 2. The Morgan fingerprint density at radius 1 is 1.10 bits per heavy atom. The number of aliphatic imine (C=N–C) groups is 1. The Labute approximate surface area is 275 Å². The number of carbonyl (C=O) groups excluding carboxylic acids is 4. The maximum Gasteiger partial charge on any atom is 0.251 e. The van der Waals surface area contributed by atoms with Crippen LogP contribution in [0.4, 0.5) is 0 Å². The molecular weight excluding hydrogens is 642 g/mol. The number of rotatable bonds is 15. The Morgan fingerprint density at radius 2 is 1.77 bits per heavy atom. The number of carbonyl (C=O) groups is 3. The standard InChI is InChI=1S/C27H46N9O12/c1-3-11(4-2)22(45)34-27-31-5-14(36(27)25-21(44)20(43)19(42)15(10-40)48-25)18(41)17(33-23(46)13(28)9-39)24(47)35(12(7-37)8-38)16-6-30-26(29)32-16/h11-21,25,37,39-44H,3-7,9-10,28H2,1-2H3,(H,33,46)(H3,29,30,32)(H,31,34,45)/t12-,13-,14?,15?,16?,17-,18?,19?,20?,21?,25?/m0/s1. The van der Waals surface area contributed by atoms with Gasteiger partial charge in [0.2, 0.25) is 24.1 Å². The summed E-state index contributed by atoms with van der Waals surface area (Å²) in [6, 6.07) is -6.70. The normalized spacial score (nSPS) is 30.6. The third-order valence-electron chi connectivity index (χ3n) is 8.61. The summed E-state index contributed by atoms with van der Waals surface area (Å²) in [7, 11) is 0. The lowest BCUT2D eigenvalue weighted by Crippen LogP contribution is -2.69. The van der Waals surface area contributed by atoms with E-state index >= 15 is 0 Å². The zero-order chi connectivity index (χ0) is 35.9. The maximum absolute atomic E-state index is 14.2. The molecule has 0 aromatic rings. The van der Waals surface area contributed by atoms with Crippen LogP contribution in [0.3, 0.4) is 0 Å². The molecule has 48 heavy (non-hydrogen) atoms. The lowest BCUT2D eigenvalue weighted by molar-refractivity contribution is -0.260. The lowest BCUT2D eigenvalue weighted by atomic mass is 9.95. The van der Waals surface area contributed by atoms with Crippen LogP contribution in [0.1, 0.15) is 26.7 Å². The number of ether oxygens (including phenoxy) is 1. The highest BCUT2D eigenvalue weighted by Crippen LogP contribution is 2.29. The fourth-order valence-electron chi connectivity index (χ4n) is 5.74. The molecule has 0 bridgehead atoms. The molecule has 1 radical (unpaired) electrons. The molecule has 3 amide bonds. The lowest BCUT2D eigenvalue weighted by Gasteiger charge is -2.46. The SMILES string of the molecule is CCC(CC)C(=O)N=C1NCC(C(O)[C@H](NC(=O)[C@@H](N)CO)C(=O)N(C2CNC(=N)N2)[C@H]([C]=O)CO)N1C1OC(CO)C(O)C(O)C1O. The van der Waals surface area contributed by atoms with Crippen LogP contribution in [0.5, 0.6) is 0 Å². The van der Waals surface area contributed by atoms with Crippen molar-refractivity contribution in [2.45, 2.75) is 93.8 Å². The molecule has 0 spiro atoms. The van der Waals surface area contributed by atoms with Crippen molar-refractivity contribution in [1.82, 2.24) is 31.1 Å². The number of amides is 3. The van der Waals surface area contributed by atoms with Crippen LogP contribution in [0.25, 0.3) is 0 Å². The molecule has 3 rings (SSSR count). The van der Waals surface area contributed by atoms with E-state index in [2.05, 4.69) is 26.3 Å². The molecule has 21 nitrogen and oxygen atoms in total. The molecule has 3 saturated heterocycles. The average Bonchev–Trinajstić information content (AvgIpc) is 3.70. The highest BCUT2D eigenvalue weighted by atomic mass is 16.6. The number of nitrogens with zero attached hydrogens (tertiary/aromatic N) is 3. The second-order valence-electron chi connectivity index (χ2n) is 11.6. The van der Waals surface area contributed by atoms with Crippen molar-refractivity contribution < 1.29 is 59.7 Å². The topological polar surface area (TPSA) is 336 Å². The Bertz CT molecular complexity index is 1190. The van der Waals surface area contributed by atoms with Crippen LogP contribution in [-0.4, -0.2) is 181 Å². The summed E-state index contributed by atoms with van der Waals surface area (Å²) in [5, 5.41) is 91.2. The first-order valence-corrected chi connectivity index (χ1v) is 15.5. The van der Waals surface area contributed by atoms with Gasteiger partial charge < -0.3 is 77.3 Å². The summed E-state index contributed by atoms with van der Waals surface area (Å²) in [6.45, 7) is 0.457. The number of hydrogen-bond acceptors (Lipinski definition) is 14. The summed E-state index contributed by atoms with van der Waals surface area (Å²) in [5.41, 5.74) is 5.67. The molecule has 8 unspecified atom stereocenters. The Balaban J connectivity index is 2.14. The van der Waals surface area contributed by atoms with Gasteiger partial charge in [-0.1, -0.05) is 13.8 Å². The molecule has 0 aromatic heterocycles. The van der Waals surface area contributed by atoms with Crippen molar-refractivity contribution in [3.8, 4) is 0 Å². The zero-order valence-electron chi connectivity index (χ0n) is 26.5. The van der Waals surface area contributed by atoms with E-state index in [1.54, 1.807) is 13.8 Å². The smallest absolute Gasteiger partial charge is 0.251 e. The first-order chi connectivity index (χ1) is 22.8. The van der Waals surface area contributed by atoms with Gasteiger partial charge in [0.25, 0.3) is 5.91 Å². The van der Waals surface area contributed by atoms with Crippen LogP contribution < -0.4 is 27.0 Å². The molecule has 14 N–H and O–H groups in total. The Kier molecular flexibility index (Phi) is 14.0. The molecule has 0 aromatic carbocycles. The molecule has 0 aliphatic carbocycles. The van der Waals surface area contributed by atoms with E-state index < -0.39 is 111 Å². The summed E-state index contributed by atoms with van der Waals surface area (Å²) < 4.78 is 5.72. The average molecular weight is 689 g/mol. The largest absolute Gasteiger partial charge is 0.394 e. The number of hydrogen-bond donors (Lipinski definition) is 13. The highest BCUT2D eigenvalue weighted by Gasteiger charge is 2.53. The fraction of sp³-hybridized carbons (Fsp3) is 0.778. The van der Waals surface area contributed by atoms with E-state index in [9.17, 15) is 54.9 Å². The van der Waals surface area contributed by atoms with Gasteiger partial charge in [0.15, 0.2) is 12.2 Å². The number of aliphatic hydroxyl groups is 7. The van der Waals surface area contributed by atoms with Crippen molar-refractivity contribution in [3.63, 3.8) is 0 Å². The van der Waals surface area contributed by atoms with E-state index in [4.69, 9.17) is 15.9 Å². The third kappa shape index (κ3) is 8.18. The van der Waals surface area contributed by atoms with Gasteiger partial charge in [-0.05, 0) is 12.8 Å². The summed E-state index contributed by atoms with van der Waals surface area (Å²) in [5.74, 6) is -3.92. The van der Waals surface area contributed by atoms with Gasteiger partial charge in [0.1, 0.15) is 54.8 Å². The third-order valence-corrected chi connectivity index (χ3v) is 8.61. The first-order valence-electron chi connectivity index (χ1n) is 15.5. The van der Waals surface area contributed by atoms with Crippen molar-refractivity contribution in [3.05, 3.63) is 0 Å². The number of aliphatic hydroxyl groups excluding tert-OH is 7. The van der Waals surface area contributed by atoms with Crippen LogP contribution in [0, 0.1) is 11.3 Å². The second kappa shape index (κ2) is 17.2. The predicted octanol–water partition coefficient (Wildman–Crippen LogP) is -7.70. The van der Waals surface area contributed by atoms with E-state index in [0.717, 1.165) is 9.80 Å². The van der Waals surface area contributed by atoms with Gasteiger partial charge in [-0.15, -0.1) is 0 Å². The fourth-order valence-corrected chi connectivity index (χ4v) is 5.74. The predicted molar refractivity (Wildman–Crippen MR) is 163 cm³/mol. The first kappa shape index (κ1) is 38.9. The van der Waals surface area contributed by atoms with Crippen LogP contribution in [0.2, 0.25) is 0 Å². The Morgan fingerprint density at radius 3 is 2.29 bits per heavy atom. The van der Waals surface area contributed by atoms with Gasteiger partial charge in [-0.25, -0.2) is 0 Å². The molecule has 3 fully saturated rings. The molecule has 3 aliphatic rings. The molecule has 271 valence electrons. The van der Waals surface area contributed by atoms with Gasteiger partial charge in [-0.3, -0.25) is 24.6 Å². The monoisotopic (exact) mass is 688 g/mol. The highest BCUT2D eigenvalue weighted by molar-refractivity contribution is 5.96.